The first-order valence-corrected chi connectivity index (χ1v) is 4.57. The lowest BCUT2D eigenvalue weighted by Gasteiger charge is -2.05. The molecule has 0 spiro atoms. The van der Waals surface area contributed by atoms with Gasteiger partial charge in [-0.15, -0.1) is 5.10 Å². The van der Waals surface area contributed by atoms with E-state index >= 15 is 0 Å². The van der Waals surface area contributed by atoms with Crippen LogP contribution < -0.4 is 5.73 Å². The zero-order valence-electron chi connectivity index (χ0n) is 8.01. The predicted molar refractivity (Wildman–Crippen MR) is 55.1 cm³/mol. The van der Waals surface area contributed by atoms with Crippen molar-refractivity contribution < 1.29 is 0 Å². The van der Waals surface area contributed by atoms with Gasteiger partial charge in [-0.3, -0.25) is 0 Å². The van der Waals surface area contributed by atoms with Gasteiger partial charge in [0.2, 0.25) is 0 Å². The molecule has 14 heavy (non-hydrogen) atoms. The lowest BCUT2D eigenvalue weighted by molar-refractivity contribution is 0.794. The van der Waals surface area contributed by atoms with Gasteiger partial charge >= 0.3 is 0 Å². The van der Waals surface area contributed by atoms with Crippen LogP contribution in [0.3, 0.4) is 0 Å². The molecule has 1 aromatic carbocycles. The first kappa shape index (κ1) is 8.74. The number of para-hydroxylation sites is 1. The number of nitrogens with two attached hydrogens (primary N) is 1. The summed E-state index contributed by atoms with van der Waals surface area (Å²) in [5.41, 5.74) is 7.79. The average Bonchev–Trinajstić information content (AvgIpc) is 2.65. The summed E-state index contributed by atoms with van der Waals surface area (Å²) in [6, 6.07) is 8.08. The van der Waals surface area contributed by atoms with Gasteiger partial charge in [-0.2, -0.15) is 0 Å². The third-order valence-electron chi connectivity index (χ3n) is 2.13. The molecule has 0 amide bonds. The standard InChI is InChI=1S/C10H12N4/c1-2-8-5-3-4-6-9(8)14-7-10(11)12-13-14/h3-7H,2,11H2,1H3. The molecule has 4 nitrogen and oxygen atoms in total. The highest BCUT2D eigenvalue weighted by Crippen LogP contribution is 2.14. The summed E-state index contributed by atoms with van der Waals surface area (Å²) in [6.45, 7) is 2.11. The maximum Gasteiger partial charge on any atom is 0.166 e. The molecule has 0 unspecified atom stereocenters. The van der Waals surface area contributed by atoms with Gasteiger partial charge in [0.1, 0.15) is 0 Å². The number of hydrogen-bond donors (Lipinski definition) is 1. The Kier molecular flexibility index (Phi) is 2.18. The molecule has 0 saturated carbocycles. The van der Waals surface area contributed by atoms with E-state index in [4.69, 9.17) is 5.73 Å². The van der Waals surface area contributed by atoms with Gasteiger partial charge in [0, 0.05) is 0 Å². The van der Waals surface area contributed by atoms with E-state index in [-0.39, 0.29) is 0 Å². The Morgan fingerprint density at radius 2 is 2.14 bits per heavy atom. The summed E-state index contributed by atoms with van der Waals surface area (Å²) in [6.07, 6.45) is 2.68. The maximum atomic E-state index is 5.51. The van der Waals surface area contributed by atoms with E-state index < -0.39 is 0 Å². The SMILES string of the molecule is CCc1ccccc1-n1cc(N)nn1. The van der Waals surface area contributed by atoms with Crippen LogP contribution >= 0.6 is 0 Å². The summed E-state index contributed by atoms with van der Waals surface area (Å²) in [7, 11) is 0. The van der Waals surface area contributed by atoms with Gasteiger partial charge in [-0.05, 0) is 18.1 Å². The lowest BCUT2D eigenvalue weighted by atomic mass is 10.1. The Morgan fingerprint density at radius 1 is 1.36 bits per heavy atom. The molecule has 0 radical (unpaired) electrons. The normalized spacial score (nSPS) is 10.4. The summed E-state index contributed by atoms with van der Waals surface area (Å²) < 4.78 is 1.70. The highest BCUT2D eigenvalue weighted by Gasteiger charge is 2.03. The van der Waals surface area contributed by atoms with Crippen molar-refractivity contribution in [1.29, 1.82) is 0 Å². The summed E-state index contributed by atoms with van der Waals surface area (Å²) in [4.78, 5) is 0. The Bertz CT molecular complexity index is 433. The third-order valence-corrected chi connectivity index (χ3v) is 2.13. The Hall–Kier alpha value is -1.84. The van der Waals surface area contributed by atoms with E-state index in [0.717, 1.165) is 12.1 Å². The van der Waals surface area contributed by atoms with Crippen molar-refractivity contribution in [3.8, 4) is 5.69 Å². The van der Waals surface area contributed by atoms with Crippen molar-refractivity contribution in [2.45, 2.75) is 13.3 Å². The molecule has 2 aromatic rings. The first-order chi connectivity index (χ1) is 6.81. The molecule has 0 aliphatic rings. The first-order valence-electron chi connectivity index (χ1n) is 4.57. The van der Waals surface area contributed by atoms with Gasteiger partial charge in [0.05, 0.1) is 11.9 Å². The second kappa shape index (κ2) is 3.49. The van der Waals surface area contributed by atoms with Crippen molar-refractivity contribution in [3.63, 3.8) is 0 Å². The second-order valence-electron chi connectivity index (χ2n) is 3.07. The van der Waals surface area contributed by atoms with E-state index in [1.165, 1.54) is 5.56 Å². The Morgan fingerprint density at radius 3 is 2.79 bits per heavy atom. The van der Waals surface area contributed by atoms with E-state index in [1.54, 1.807) is 10.9 Å². The maximum absolute atomic E-state index is 5.51. The van der Waals surface area contributed by atoms with Crippen LogP contribution in [-0.4, -0.2) is 15.0 Å². The number of aryl methyl sites for hydroxylation is 1. The van der Waals surface area contributed by atoms with Crippen LogP contribution in [0.5, 0.6) is 0 Å². The fraction of sp³-hybridized carbons (Fsp3) is 0.200. The van der Waals surface area contributed by atoms with E-state index in [1.807, 2.05) is 18.2 Å². The molecule has 0 bridgehead atoms. The molecule has 4 heteroatoms. The molecule has 0 aliphatic heterocycles. The summed E-state index contributed by atoms with van der Waals surface area (Å²) in [5, 5.41) is 7.70. The number of benzene rings is 1. The van der Waals surface area contributed by atoms with Gasteiger partial charge in [0.25, 0.3) is 0 Å². The van der Waals surface area contributed by atoms with Crippen molar-refractivity contribution in [2.75, 3.05) is 5.73 Å². The zero-order chi connectivity index (χ0) is 9.97. The van der Waals surface area contributed by atoms with Crippen molar-refractivity contribution >= 4 is 5.82 Å². The largest absolute Gasteiger partial charge is 0.381 e. The summed E-state index contributed by atoms with van der Waals surface area (Å²) in [5.74, 6) is 0.441. The minimum Gasteiger partial charge on any atom is -0.381 e. The monoisotopic (exact) mass is 188 g/mol. The lowest BCUT2D eigenvalue weighted by Crippen LogP contribution is -1.99. The molecule has 1 aromatic heterocycles. The average molecular weight is 188 g/mol. The minimum atomic E-state index is 0.441. The molecule has 72 valence electrons. The molecule has 2 rings (SSSR count). The Labute approximate surface area is 82.4 Å². The van der Waals surface area contributed by atoms with Crippen LogP contribution in [0, 0.1) is 0 Å². The van der Waals surface area contributed by atoms with Gasteiger partial charge in [0.15, 0.2) is 5.82 Å². The van der Waals surface area contributed by atoms with Crippen molar-refractivity contribution in [3.05, 3.63) is 36.0 Å². The topological polar surface area (TPSA) is 56.7 Å². The molecular weight excluding hydrogens is 176 g/mol. The molecule has 1 heterocycles. The van der Waals surface area contributed by atoms with E-state index in [0.29, 0.717) is 5.82 Å². The quantitative estimate of drug-likeness (QED) is 0.775. The number of hydrogen-bond acceptors (Lipinski definition) is 3. The molecule has 2 N–H and O–H groups in total. The number of rotatable bonds is 2. The van der Waals surface area contributed by atoms with Crippen LogP contribution in [0.2, 0.25) is 0 Å². The molecule has 0 fully saturated rings. The molecule has 0 atom stereocenters. The van der Waals surface area contributed by atoms with Gasteiger partial charge in [-0.25, -0.2) is 4.68 Å². The van der Waals surface area contributed by atoms with Crippen molar-refractivity contribution in [1.82, 2.24) is 15.0 Å². The number of anilines is 1. The van der Waals surface area contributed by atoms with Crippen molar-refractivity contribution in [2.24, 2.45) is 0 Å². The second-order valence-corrected chi connectivity index (χ2v) is 3.07. The number of nitrogens with zero attached hydrogens (tertiary/aromatic N) is 3. The van der Waals surface area contributed by atoms with Crippen LogP contribution in [0.1, 0.15) is 12.5 Å². The van der Waals surface area contributed by atoms with Crippen LogP contribution in [0.4, 0.5) is 5.82 Å². The van der Waals surface area contributed by atoms with Gasteiger partial charge in [-0.1, -0.05) is 30.3 Å². The third kappa shape index (κ3) is 1.46. The van der Waals surface area contributed by atoms with Crippen LogP contribution in [0.15, 0.2) is 30.5 Å². The molecular formula is C10H12N4. The highest BCUT2D eigenvalue weighted by atomic mass is 15.4. The highest BCUT2D eigenvalue weighted by molar-refractivity contribution is 5.41. The Balaban J connectivity index is 2.50. The number of nitrogen functional groups attached to an aromatic ring is 1. The molecule has 0 aliphatic carbocycles. The van der Waals surface area contributed by atoms with Crippen LogP contribution in [0.25, 0.3) is 5.69 Å². The van der Waals surface area contributed by atoms with Gasteiger partial charge < -0.3 is 5.73 Å². The van der Waals surface area contributed by atoms with E-state index in [2.05, 4.69) is 23.3 Å². The van der Waals surface area contributed by atoms with Crippen LogP contribution in [-0.2, 0) is 6.42 Å². The minimum absolute atomic E-state index is 0.441. The number of aromatic nitrogens is 3. The predicted octanol–water partition coefficient (Wildman–Crippen LogP) is 1.41. The fourth-order valence-corrected chi connectivity index (χ4v) is 1.43. The smallest absolute Gasteiger partial charge is 0.166 e. The zero-order valence-corrected chi connectivity index (χ0v) is 8.01. The summed E-state index contributed by atoms with van der Waals surface area (Å²) >= 11 is 0. The van der Waals surface area contributed by atoms with E-state index in [9.17, 15) is 0 Å². The fourth-order valence-electron chi connectivity index (χ4n) is 1.43. The molecule has 0 saturated heterocycles.